The van der Waals surface area contributed by atoms with Crippen LogP contribution in [0.3, 0.4) is 0 Å². The maximum atomic E-state index is 13.2. The van der Waals surface area contributed by atoms with Crippen LogP contribution in [0.15, 0.2) is 66.7 Å². The Bertz CT molecular complexity index is 1200. The number of nitrogens with one attached hydrogen (secondary N) is 2. The van der Waals surface area contributed by atoms with Crippen molar-refractivity contribution in [3.8, 4) is 0 Å². The van der Waals surface area contributed by atoms with Gasteiger partial charge in [-0.2, -0.15) is 0 Å². The summed E-state index contributed by atoms with van der Waals surface area (Å²) in [6, 6.07) is 16.9. The number of cyclic esters (lactones) is 1. The van der Waals surface area contributed by atoms with Gasteiger partial charge in [0, 0.05) is 23.7 Å². The Balaban J connectivity index is 1.41. The summed E-state index contributed by atoms with van der Waals surface area (Å²) in [4.78, 5) is 36.9. The molecule has 1 aliphatic rings. The number of carbonyl (C=O) groups is 3. The van der Waals surface area contributed by atoms with E-state index in [2.05, 4.69) is 10.6 Å². The second-order valence-electron chi connectivity index (χ2n) is 7.24. The van der Waals surface area contributed by atoms with E-state index in [0.29, 0.717) is 17.5 Å². The highest BCUT2D eigenvalue weighted by Gasteiger charge is 2.28. The van der Waals surface area contributed by atoms with E-state index in [4.69, 9.17) is 4.74 Å². The van der Waals surface area contributed by atoms with Crippen LogP contribution < -0.4 is 10.6 Å². The molecule has 0 bridgehead atoms. The molecule has 3 aromatic rings. The average Bonchev–Trinajstić information content (AvgIpc) is 2.80. The van der Waals surface area contributed by atoms with Gasteiger partial charge in [0.05, 0.1) is 12.1 Å². The van der Waals surface area contributed by atoms with Crippen molar-refractivity contribution in [2.45, 2.75) is 12.5 Å². The number of benzene rings is 3. The summed E-state index contributed by atoms with van der Waals surface area (Å²) in [6.45, 7) is -0.371. The molecule has 3 aromatic carbocycles. The van der Waals surface area contributed by atoms with Gasteiger partial charge in [0.25, 0.3) is 5.91 Å². The second-order valence-corrected chi connectivity index (χ2v) is 7.24. The molecular formula is C24H18F2N2O4. The third-order valence-electron chi connectivity index (χ3n) is 5.03. The molecule has 0 saturated heterocycles. The van der Waals surface area contributed by atoms with Gasteiger partial charge in [0.15, 0.2) is 11.6 Å². The number of ether oxygens (including phenoxy) is 1. The van der Waals surface area contributed by atoms with Crippen molar-refractivity contribution in [1.29, 1.82) is 0 Å². The minimum absolute atomic E-state index is 0.0717. The van der Waals surface area contributed by atoms with Crippen LogP contribution in [0.5, 0.6) is 0 Å². The SMILES string of the molecule is O=C(CNC(=O)c1ccc2c(c1)C[C@@H](c1ccccc1)OC2=O)Nc1ccc(F)c(F)c1. The third kappa shape index (κ3) is 4.64. The number of halogens is 2. The molecule has 6 nitrogen and oxygen atoms in total. The van der Waals surface area contributed by atoms with Gasteiger partial charge < -0.3 is 15.4 Å². The number of hydrogen-bond acceptors (Lipinski definition) is 4. The molecule has 32 heavy (non-hydrogen) atoms. The molecule has 8 heteroatoms. The van der Waals surface area contributed by atoms with Crippen LogP contribution in [-0.2, 0) is 16.0 Å². The van der Waals surface area contributed by atoms with E-state index in [1.807, 2.05) is 30.3 Å². The van der Waals surface area contributed by atoms with Crippen LogP contribution in [0.25, 0.3) is 0 Å². The summed E-state index contributed by atoms with van der Waals surface area (Å²) in [5.74, 6) is -3.69. The molecule has 0 saturated carbocycles. The van der Waals surface area contributed by atoms with Gasteiger partial charge in [-0.05, 0) is 41.5 Å². The molecule has 2 N–H and O–H groups in total. The summed E-state index contributed by atoms with van der Waals surface area (Å²) in [5, 5.41) is 4.85. The first-order valence-electron chi connectivity index (χ1n) is 9.82. The van der Waals surface area contributed by atoms with Crippen molar-refractivity contribution < 1.29 is 27.9 Å². The lowest BCUT2D eigenvalue weighted by molar-refractivity contribution is -0.115. The number of anilines is 1. The average molecular weight is 436 g/mol. The molecule has 0 aromatic heterocycles. The highest BCUT2D eigenvalue weighted by molar-refractivity contribution is 6.00. The van der Waals surface area contributed by atoms with Crippen LogP contribution in [-0.4, -0.2) is 24.3 Å². The minimum atomic E-state index is -1.09. The fourth-order valence-electron chi connectivity index (χ4n) is 3.43. The zero-order valence-electron chi connectivity index (χ0n) is 16.7. The molecule has 0 unspecified atom stereocenters. The highest BCUT2D eigenvalue weighted by Crippen LogP contribution is 2.31. The van der Waals surface area contributed by atoms with Crippen LogP contribution in [0, 0.1) is 11.6 Å². The molecule has 162 valence electrons. The normalized spacial score (nSPS) is 14.8. The van der Waals surface area contributed by atoms with E-state index >= 15 is 0 Å². The molecule has 0 fully saturated rings. The van der Waals surface area contributed by atoms with Gasteiger partial charge in [0.1, 0.15) is 6.10 Å². The van der Waals surface area contributed by atoms with Gasteiger partial charge in [-0.25, -0.2) is 13.6 Å². The van der Waals surface area contributed by atoms with Gasteiger partial charge in [0.2, 0.25) is 5.91 Å². The molecule has 2 amide bonds. The maximum Gasteiger partial charge on any atom is 0.339 e. The molecule has 0 aliphatic carbocycles. The Morgan fingerprint density at radius 1 is 0.969 bits per heavy atom. The highest BCUT2D eigenvalue weighted by atomic mass is 19.2. The van der Waals surface area contributed by atoms with Crippen molar-refractivity contribution in [2.24, 2.45) is 0 Å². The van der Waals surface area contributed by atoms with Crippen LogP contribution in [0.1, 0.15) is 37.9 Å². The van der Waals surface area contributed by atoms with E-state index in [1.54, 1.807) is 6.07 Å². The Kier molecular flexibility index (Phi) is 5.93. The monoisotopic (exact) mass is 436 g/mol. The van der Waals surface area contributed by atoms with Gasteiger partial charge in [-0.3, -0.25) is 9.59 Å². The van der Waals surface area contributed by atoms with Gasteiger partial charge in [-0.15, -0.1) is 0 Å². The zero-order valence-corrected chi connectivity index (χ0v) is 16.7. The topological polar surface area (TPSA) is 84.5 Å². The Morgan fingerprint density at radius 2 is 1.75 bits per heavy atom. The zero-order chi connectivity index (χ0) is 22.7. The number of fused-ring (bicyclic) bond motifs is 1. The van der Waals surface area contributed by atoms with Crippen molar-refractivity contribution in [3.63, 3.8) is 0 Å². The largest absolute Gasteiger partial charge is 0.454 e. The predicted molar refractivity (Wildman–Crippen MR) is 112 cm³/mol. The Hall–Kier alpha value is -4.07. The van der Waals surface area contributed by atoms with Crippen molar-refractivity contribution in [2.75, 3.05) is 11.9 Å². The first-order chi connectivity index (χ1) is 15.4. The van der Waals surface area contributed by atoms with Crippen molar-refractivity contribution in [3.05, 3.63) is 101 Å². The van der Waals surface area contributed by atoms with Gasteiger partial charge >= 0.3 is 5.97 Å². The molecule has 1 aliphatic heterocycles. The first kappa shape index (κ1) is 21.2. The molecule has 1 heterocycles. The number of hydrogen-bond donors (Lipinski definition) is 2. The molecule has 4 rings (SSSR count). The second kappa shape index (κ2) is 8.97. The van der Waals surface area contributed by atoms with E-state index < -0.39 is 35.5 Å². The minimum Gasteiger partial charge on any atom is -0.454 e. The summed E-state index contributed by atoms with van der Waals surface area (Å²) >= 11 is 0. The number of rotatable bonds is 5. The summed E-state index contributed by atoms with van der Waals surface area (Å²) in [6.07, 6.45) is -0.0283. The number of amides is 2. The van der Waals surface area contributed by atoms with Crippen LogP contribution in [0.4, 0.5) is 14.5 Å². The Morgan fingerprint density at radius 3 is 2.50 bits per heavy atom. The number of esters is 1. The third-order valence-corrected chi connectivity index (χ3v) is 5.03. The lowest BCUT2D eigenvalue weighted by Gasteiger charge is -2.25. The molecular weight excluding hydrogens is 418 g/mol. The smallest absolute Gasteiger partial charge is 0.339 e. The van der Waals surface area contributed by atoms with E-state index in [9.17, 15) is 23.2 Å². The summed E-state index contributed by atoms with van der Waals surface area (Å²) in [5.41, 5.74) is 2.28. The quantitative estimate of drug-likeness (QED) is 0.596. The van der Waals surface area contributed by atoms with E-state index in [1.165, 1.54) is 18.2 Å². The lowest BCUT2D eigenvalue weighted by Crippen LogP contribution is -2.33. The van der Waals surface area contributed by atoms with E-state index in [-0.39, 0.29) is 17.8 Å². The van der Waals surface area contributed by atoms with Crippen molar-refractivity contribution in [1.82, 2.24) is 5.32 Å². The fourth-order valence-corrected chi connectivity index (χ4v) is 3.43. The van der Waals surface area contributed by atoms with Crippen molar-refractivity contribution >= 4 is 23.5 Å². The fraction of sp³-hybridized carbons (Fsp3) is 0.125. The predicted octanol–water partition coefficient (Wildman–Crippen LogP) is 3.79. The molecule has 0 spiro atoms. The summed E-state index contributed by atoms with van der Waals surface area (Å²) < 4.78 is 31.7. The maximum absolute atomic E-state index is 13.2. The van der Waals surface area contributed by atoms with Crippen LogP contribution >= 0.6 is 0 Å². The lowest BCUT2D eigenvalue weighted by atomic mass is 9.93. The Labute approximate surface area is 182 Å². The first-order valence-corrected chi connectivity index (χ1v) is 9.82. The van der Waals surface area contributed by atoms with Gasteiger partial charge in [-0.1, -0.05) is 30.3 Å². The molecule has 0 radical (unpaired) electrons. The summed E-state index contributed by atoms with van der Waals surface area (Å²) in [7, 11) is 0. The number of carbonyl (C=O) groups excluding carboxylic acids is 3. The standard InChI is InChI=1S/C24H18F2N2O4/c25-19-9-7-17(12-20(19)26)28-22(29)13-27-23(30)15-6-8-18-16(10-15)11-21(32-24(18)31)14-4-2-1-3-5-14/h1-10,12,21H,11,13H2,(H,27,30)(H,28,29)/t21-/m0/s1. The molecule has 1 atom stereocenters. The van der Waals surface area contributed by atoms with Crippen LogP contribution in [0.2, 0.25) is 0 Å². The van der Waals surface area contributed by atoms with E-state index in [0.717, 1.165) is 17.7 Å².